The minimum atomic E-state index is -0.257. The smallest absolute Gasteiger partial charge is 0.162 e. The Balaban J connectivity index is 1.87. The first-order valence-electron chi connectivity index (χ1n) is 8.53. The maximum absolute atomic E-state index is 13.9. The second kappa shape index (κ2) is 8.61. The number of carbonyl (C=O) groups is 1. The Kier molecular flexibility index (Phi) is 6.52. The number of halogens is 1. The molecule has 0 spiro atoms. The number of carbonyl (C=O) groups excluding carboxylic acids is 1. The van der Waals surface area contributed by atoms with Crippen molar-refractivity contribution in [3.05, 3.63) is 70.5 Å². The quantitative estimate of drug-likeness (QED) is 0.584. The van der Waals surface area contributed by atoms with E-state index in [1.165, 1.54) is 17.2 Å². The molecule has 0 aliphatic rings. The molecule has 0 radical (unpaired) electrons. The number of rotatable bonds is 8. The van der Waals surface area contributed by atoms with Gasteiger partial charge in [0.2, 0.25) is 0 Å². The van der Waals surface area contributed by atoms with E-state index < -0.39 is 0 Å². The van der Waals surface area contributed by atoms with E-state index in [1.54, 1.807) is 12.1 Å². The van der Waals surface area contributed by atoms with Gasteiger partial charge in [0.1, 0.15) is 5.82 Å². The van der Waals surface area contributed by atoms with Gasteiger partial charge >= 0.3 is 0 Å². The van der Waals surface area contributed by atoms with Crippen molar-refractivity contribution in [2.75, 3.05) is 0 Å². The third-order valence-electron chi connectivity index (χ3n) is 4.19. The fourth-order valence-corrected chi connectivity index (χ4v) is 2.73. The number of aryl methyl sites for hydroxylation is 3. The minimum Gasteiger partial charge on any atom is -0.294 e. The SMILES string of the molecule is CCCc1ccc(C(=O)CCCc2ccc(CC)cc2)cc1F. The van der Waals surface area contributed by atoms with Crippen LogP contribution in [0.25, 0.3) is 0 Å². The molecule has 0 bridgehead atoms. The van der Waals surface area contributed by atoms with Crippen molar-refractivity contribution in [2.24, 2.45) is 0 Å². The van der Waals surface area contributed by atoms with E-state index in [4.69, 9.17) is 0 Å². The lowest BCUT2D eigenvalue weighted by Crippen LogP contribution is -2.02. The summed E-state index contributed by atoms with van der Waals surface area (Å²) in [7, 11) is 0. The molecule has 0 aliphatic heterocycles. The van der Waals surface area contributed by atoms with Crippen LogP contribution in [0.4, 0.5) is 4.39 Å². The molecular formula is C21H25FO. The van der Waals surface area contributed by atoms with Crippen LogP contribution in [0, 0.1) is 5.82 Å². The molecule has 2 rings (SSSR count). The summed E-state index contributed by atoms with van der Waals surface area (Å²) in [5.74, 6) is -0.231. The number of Topliss-reactive ketones (excluding diaryl/α,β-unsaturated/α-hetero) is 1. The van der Waals surface area contributed by atoms with Crippen LogP contribution < -0.4 is 0 Å². The first-order chi connectivity index (χ1) is 11.1. The normalized spacial score (nSPS) is 10.7. The molecule has 23 heavy (non-hydrogen) atoms. The number of benzene rings is 2. The molecule has 0 atom stereocenters. The fraction of sp³-hybridized carbons (Fsp3) is 0.381. The zero-order valence-electron chi connectivity index (χ0n) is 14.1. The van der Waals surface area contributed by atoms with E-state index in [0.29, 0.717) is 24.0 Å². The van der Waals surface area contributed by atoms with Gasteiger partial charge in [-0.2, -0.15) is 0 Å². The zero-order chi connectivity index (χ0) is 16.7. The van der Waals surface area contributed by atoms with Crippen LogP contribution in [0.3, 0.4) is 0 Å². The lowest BCUT2D eigenvalue weighted by molar-refractivity contribution is 0.0979. The first kappa shape index (κ1) is 17.4. The van der Waals surface area contributed by atoms with E-state index in [2.05, 4.69) is 31.2 Å². The second-order valence-corrected chi connectivity index (χ2v) is 6.00. The Morgan fingerprint density at radius 2 is 1.65 bits per heavy atom. The molecule has 0 aromatic heterocycles. The van der Waals surface area contributed by atoms with E-state index in [9.17, 15) is 9.18 Å². The molecule has 0 unspecified atom stereocenters. The van der Waals surface area contributed by atoms with Gasteiger partial charge in [-0.25, -0.2) is 4.39 Å². The Hall–Kier alpha value is -1.96. The van der Waals surface area contributed by atoms with Gasteiger partial charge in [-0.3, -0.25) is 4.79 Å². The minimum absolute atomic E-state index is 0.0251. The van der Waals surface area contributed by atoms with Gasteiger partial charge < -0.3 is 0 Å². The summed E-state index contributed by atoms with van der Waals surface area (Å²) in [4.78, 5) is 12.2. The highest BCUT2D eigenvalue weighted by atomic mass is 19.1. The van der Waals surface area contributed by atoms with Crippen LogP contribution in [-0.2, 0) is 19.3 Å². The summed E-state index contributed by atoms with van der Waals surface area (Å²) < 4.78 is 13.9. The second-order valence-electron chi connectivity index (χ2n) is 6.00. The first-order valence-corrected chi connectivity index (χ1v) is 8.53. The van der Waals surface area contributed by atoms with Gasteiger partial charge in [-0.1, -0.05) is 56.7 Å². The van der Waals surface area contributed by atoms with Gasteiger partial charge in [0.25, 0.3) is 0 Å². The number of hydrogen-bond donors (Lipinski definition) is 0. The Labute approximate surface area is 138 Å². The summed E-state index contributed by atoms with van der Waals surface area (Å²) in [6.45, 7) is 4.16. The van der Waals surface area contributed by atoms with Crippen molar-refractivity contribution >= 4 is 5.78 Å². The summed E-state index contributed by atoms with van der Waals surface area (Å²) in [5, 5.41) is 0. The molecule has 0 aliphatic carbocycles. The Morgan fingerprint density at radius 3 is 2.26 bits per heavy atom. The predicted molar refractivity (Wildman–Crippen MR) is 93.5 cm³/mol. The molecule has 0 amide bonds. The van der Waals surface area contributed by atoms with Crippen LogP contribution in [0.15, 0.2) is 42.5 Å². The van der Waals surface area contributed by atoms with Crippen molar-refractivity contribution in [2.45, 2.75) is 52.4 Å². The molecule has 122 valence electrons. The molecule has 0 saturated heterocycles. The molecule has 2 heteroatoms. The average molecular weight is 312 g/mol. The van der Waals surface area contributed by atoms with E-state index in [1.807, 2.05) is 6.92 Å². The standard InChI is InChI=1S/C21H25FO/c1-3-6-18-13-14-19(15-20(18)22)21(23)8-5-7-17-11-9-16(4-2)10-12-17/h9-15H,3-8H2,1-2H3. The largest absolute Gasteiger partial charge is 0.294 e. The summed E-state index contributed by atoms with van der Waals surface area (Å²) in [6, 6.07) is 13.4. The van der Waals surface area contributed by atoms with Crippen LogP contribution in [-0.4, -0.2) is 5.78 Å². The highest BCUT2D eigenvalue weighted by molar-refractivity contribution is 5.96. The highest BCUT2D eigenvalue weighted by Gasteiger charge is 2.09. The molecule has 0 heterocycles. The maximum atomic E-state index is 13.9. The molecule has 0 fully saturated rings. The van der Waals surface area contributed by atoms with Gasteiger partial charge in [0, 0.05) is 12.0 Å². The van der Waals surface area contributed by atoms with Gasteiger partial charge in [-0.05, 0) is 48.4 Å². The number of ketones is 1. The summed E-state index contributed by atoms with van der Waals surface area (Å²) in [6.07, 6.45) is 4.80. The molecule has 0 N–H and O–H groups in total. The monoisotopic (exact) mass is 312 g/mol. The summed E-state index contributed by atoms with van der Waals surface area (Å²) in [5.41, 5.74) is 3.76. The van der Waals surface area contributed by atoms with Crippen molar-refractivity contribution in [3.8, 4) is 0 Å². The highest BCUT2D eigenvalue weighted by Crippen LogP contribution is 2.15. The van der Waals surface area contributed by atoms with E-state index in [0.717, 1.165) is 25.7 Å². The van der Waals surface area contributed by atoms with Crippen molar-refractivity contribution in [1.29, 1.82) is 0 Å². The van der Waals surface area contributed by atoms with Gasteiger partial charge in [-0.15, -0.1) is 0 Å². The zero-order valence-corrected chi connectivity index (χ0v) is 14.1. The van der Waals surface area contributed by atoms with Crippen molar-refractivity contribution in [1.82, 2.24) is 0 Å². The third kappa shape index (κ3) is 5.02. The molecule has 1 nitrogen and oxygen atoms in total. The van der Waals surface area contributed by atoms with E-state index >= 15 is 0 Å². The average Bonchev–Trinajstić information content (AvgIpc) is 2.57. The Bertz CT molecular complexity index is 643. The lowest BCUT2D eigenvalue weighted by atomic mass is 9.99. The summed E-state index contributed by atoms with van der Waals surface area (Å²) >= 11 is 0. The number of hydrogen-bond acceptors (Lipinski definition) is 1. The molecule has 0 saturated carbocycles. The van der Waals surface area contributed by atoms with Crippen LogP contribution in [0.5, 0.6) is 0 Å². The maximum Gasteiger partial charge on any atom is 0.162 e. The van der Waals surface area contributed by atoms with E-state index in [-0.39, 0.29) is 11.6 Å². The third-order valence-corrected chi connectivity index (χ3v) is 4.19. The predicted octanol–water partition coefficient (Wildman–Crippen LogP) is 5.55. The lowest BCUT2D eigenvalue weighted by Gasteiger charge is -2.06. The van der Waals surface area contributed by atoms with Gasteiger partial charge in [0.05, 0.1) is 0 Å². The van der Waals surface area contributed by atoms with Gasteiger partial charge in [0.15, 0.2) is 5.78 Å². The topological polar surface area (TPSA) is 17.1 Å². The molecule has 2 aromatic carbocycles. The van der Waals surface area contributed by atoms with Crippen LogP contribution in [0.2, 0.25) is 0 Å². The van der Waals surface area contributed by atoms with Crippen LogP contribution >= 0.6 is 0 Å². The molecular weight excluding hydrogens is 287 g/mol. The molecule has 2 aromatic rings. The van der Waals surface area contributed by atoms with Crippen molar-refractivity contribution < 1.29 is 9.18 Å². The van der Waals surface area contributed by atoms with Crippen LogP contribution in [0.1, 0.15) is 60.2 Å². The Morgan fingerprint density at radius 1 is 0.957 bits per heavy atom. The van der Waals surface area contributed by atoms with Crippen molar-refractivity contribution in [3.63, 3.8) is 0 Å². The fourth-order valence-electron chi connectivity index (χ4n) is 2.73.